The van der Waals surface area contributed by atoms with Gasteiger partial charge in [0.1, 0.15) is 12.6 Å². The van der Waals surface area contributed by atoms with Gasteiger partial charge < -0.3 is 35.7 Å². The zero-order valence-electron chi connectivity index (χ0n) is 25.7. The Morgan fingerprint density at radius 1 is 0.844 bits per heavy atom. The molecular weight excluding hydrogens is 580 g/mol. The molecule has 12 nitrogen and oxygen atoms in total. The first-order valence-corrected chi connectivity index (χ1v) is 15.5. The van der Waals surface area contributed by atoms with Crippen LogP contribution in [-0.2, 0) is 64.0 Å². The number of carbonyl (C=O) groups is 4. The second-order valence-corrected chi connectivity index (χ2v) is 11.3. The summed E-state index contributed by atoms with van der Waals surface area (Å²) in [5.41, 5.74) is 15.5. The van der Waals surface area contributed by atoms with Gasteiger partial charge in [-0.3, -0.25) is 24.1 Å². The molecular formula is C33H44N4O8. The van der Waals surface area contributed by atoms with Crippen molar-refractivity contribution in [1.29, 1.82) is 0 Å². The number of rotatable bonds is 20. The molecule has 2 heterocycles. The molecule has 2 aromatic rings. The monoisotopic (exact) mass is 624 g/mol. The number of nitrogens with one attached hydrogen (secondary N) is 1. The molecule has 0 unspecified atom stereocenters. The van der Waals surface area contributed by atoms with Gasteiger partial charge in [-0.05, 0) is 47.9 Å². The Kier molecular flexibility index (Phi) is 13.3. The van der Waals surface area contributed by atoms with E-state index in [9.17, 15) is 19.2 Å². The largest absolute Gasteiger partial charge is 0.379 e. The molecule has 0 aliphatic carbocycles. The van der Waals surface area contributed by atoms with E-state index < -0.39 is 23.9 Å². The molecule has 0 radical (unpaired) electrons. The standard InChI is InChI=1S/C33H44N4O8/c34-29(38)12-11-27(36-33(41)28-19-26-5-1-3-25-4-2-6-31(40)37(28)32(25)26)21-45-20-24-9-7-23(8-10-24)13-14-42-15-16-43-17-18-44-22-30(35)39/h1,3,5,7-10,27-28H,2,4,6,11-22H2,(H2,34,38)(H2,35,39)(H,36,41)/t27-,28-/m0/s1. The minimum absolute atomic E-state index is 0.0338. The van der Waals surface area contributed by atoms with Crippen molar-refractivity contribution in [3.05, 3.63) is 64.7 Å². The summed E-state index contributed by atoms with van der Waals surface area (Å²) in [5, 5.41) is 3.04. The van der Waals surface area contributed by atoms with E-state index in [4.69, 9.17) is 30.4 Å². The number of nitrogens with two attached hydrogens (primary N) is 2. The number of hydrogen-bond acceptors (Lipinski definition) is 8. The van der Waals surface area contributed by atoms with Crippen LogP contribution in [0.2, 0.25) is 0 Å². The van der Waals surface area contributed by atoms with Crippen LogP contribution in [0.3, 0.4) is 0 Å². The van der Waals surface area contributed by atoms with Gasteiger partial charge in [0, 0.05) is 19.3 Å². The lowest BCUT2D eigenvalue weighted by Gasteiger charge is -2.27. The summed E-state index contributed by atoms with van der Waals surface area (Å²) in [4.78, 5) is 50.3. The molecule has 12 heteroatoms. The summed E-state index contributed by atoms with van der Waals surface area (Å²) in [6.07, 6.45) is 3.65. The summed E-state index contributed by atoms with van der Waals surface area (Å²) in [5.74, 6) is -1.24. The lowest BCUT2D eigenvalue weighted by atomic mass is 10.0. The highest BCUT2D eigenvalue weighted by Gasteiger charge is 2.41. The van der Waals surface area contributed by atoms with Crippen LogP contribution in [0.25, 0.3) is 0 Å². The Balaban J connectivity index is 1.19. The van der Waals surface area contributed by atoms with Crippen LogP contribution >= 0.6 is 0 Å². The first kappa shape index (κ1) is 34.0. The Morgan fingerprint density at radius 3 is 2.27 bits per heavy atom. The molecule has 2 atom stereocenters. The van der Waals surface area contributed by atoms with Crippen LogP contribution in [-0.4, -0.2) is 82.0 Å². The van der Waals surface area contributed by atoms with E-state index in [1.54, 1.807) is 4.90 Å². The average Bonchev–Trinajstić information content (AvgIpc) is 3.33. The lowest BCUT2D eigenvalue weighted by molar-refractivity contribution is -0.127. The fourth-order valence-electron chi connectivity index (χ4n) is 5.57. The van der Waals surface area contributed by atoms with Crippen LogP contribution in [0.4, 0.5) is 5.69 Å². The minimum atomic E-state index is -0.624. The van der Waals surface area contributed by atoms with Gasteiger partial charge in [-0.15, -0.1) is 0 Å². The Morgan fingerprint density at radius 2 is 1.53 bits per heavy atom. The van der Waals surface area contributed by atoms with E-state index in [0.717, 1.165) is 47.2 Å². The highest BCUT2D eigenvalue weighted by molar-refractivity contribution is 6.04. The molecule has 0 fully saturated rings. The molecule has 0 saturated carbocycles. The normalized spacial score (nSPS) is 16.2. The lowest BCUT2D eigenvalue weighted by Crippen LogP contribution is -2.51. The van der Waals surface area contributed by atoms with Gasteiger partial charge in [-0.25, -0.2) is 0 Å². The fraction of sp³-hybridized carbons (Fsp3) is 0.515. The Labute approximate surface area is 263 Å². The quantitative estimate of drug-likeness (QED) is 0.185. The molecule has 4 amide bonds. The third-order valence-corrected chi connectivity index (χ3v) is 7.80. The molecule has 0 aromatic heterocycles. The van der Waals surface area contributed by atoms with Crippen molar-refractivity contribution in [1.82, 2.24) is 5.32 Å². The molecule has 2 aromatic carbocycles. The van der Waals surface area contributed by atoms with Gasteiger partial charge in [0.05, 0.1) is 58.0 Å². The van der Waals surface area contributed by atoms with Gasteiger partial charge in [0.15, 0.2) is 0 Å². The number of hydrogen-bond donors (Lipinski definition) is 3. The molecule has 0 saturated heterocycles. The van der Waals surface area contributed by atoms with Gasteiger partial charge in [0.25, 0.3) is 0 Å². The molecule has 5 N–H and O–H groups in total. The van der Waals surface area contributed by atoms with E-state index in [2.05, 4.69) is 5.32 Å². The van der Waals surface area contributed by atoms with Crippen molar-refractivity contribution in [2.24, 2.45) is 11.5 Å². The maximum absolute atomic E-state index is 13.5. The van der Waals surface area contributed by atoms with E-state index in [1.165, 1.54) is 0 Å². The zero-order chi connectivity index (χ0) is 32.0. The third kappa shape index (κ3) is 10.6. The average molecular weight is 625 g/mol. The topological polar surface area (TPSA) is 173 Å². The maximum atomic E-state index is 13.5. The second-order valence-electron chi connectivity index (χ2n) is 11.3. The van der Waals surface area contributed by atoms with E-state index in [-0.39, 0.29) is 31.4 Å². The number of anilines is 1. The van der Waals surface area contributed by atoms with Gasteiger partial charge in [-0.1, -0.05) is 42.5 Å². The highest BCUT2D eigenvalue weighted by atomic mass is 16.5. The van der Waals surface area contributed by atoms with Gasteiger partial charge in [-0.2, -0.15) is 0 Å². The van der Waals surface area contributed by atoms with Crippen LogP contribution < -0.4 is 21.7 Å². The number of para-hydroxylation sites is 1. The SMILES string of the molecule is NC(=O)CC[C@@H](COCc1ccc(CCOCCOCCOCC(N)=O)cc1)NC(=O)[C@@H]1Cc2cccc3c2N1C(=O)CCC3. The summed E-state index contributed by atoms with van der Waals surface area (Å²) in [6.45, 7) is 2.54. The molecule has 0 bridgehead atoms. The van der Waals surface area contributed by atoms with Crippen molar-refractivity contribution in [3.8, 4) is 0 Å². The first-order chi connectivity index (χ1) is 21.8. The van der Waals surface area contributed by atoms with Crippen molar-refractivity contribution in [3.63, 3.8) is 0 Å². The van der Waals surface area contributed by atoms with E-state index in [0.29, 0.717) is 58.9 Å². The number of amides is 4. The van der Waals surface area contributed by atoms with Crippen LogP contribution in [0.15, 0.2) is 42.5 Å². The molecule has 2 aliphatic rings. The third-order valence-electron chi connectivity index (χ3n) is 7.80. The van der Waals surface area contributed by atoms with Crippen LogP contribution in [0, 0.1) is 0 Å². The molecule has 0 spiro atoms. The first-order valence-electron chi connectivity index (χ1n) is 15.5. The summed E-state index contributed by atoms with van der Waals surface area (Å²) < 4.78 is 22.0. The maximum Gasteiger partial charge on any atom is 0.243 e. The number of primary amides is 2. The molecule has 4 rings (SSSR count). The molecule has 2 aliphatic heterocycles. The number of benzene rings is 2. The second kappa shape index (κ2) is 17.6. The summed E-state index contributed by atoms with van der Waals surface area (Å²) >= 11 is 0. The van der Waals surface area contributed by atoms with E-state index >= 15 is 0 Å². The Hall–Kier alpha value is -3.84. The van der Waals surface area contributed by atoms with Crippen molar-refractivity contribution >= 4 is 29.3 Å². The van der Waals surface area contributed by atoms with Crippen molar-refractivity contribution in [2.75, 3.05) is 51.1 Å². The van der Waals surface area contributed by atoms with Crippen LogP contribution in [0.1, 0.15) is 47.9 Å². The summed E-state index contributed by atoms with van der Waals surface area (Å²) in [7, 11) is 0. The number of aryl methyl sites for hydroxylation is 1. The predicted octanol–water partition coefficient (Wildman–Crippen LogP) is 1.33. The van der Waals surface area contributed by atoms with Crippen molar-refractivity contribution in [2.45, 2.75) is 63.6 Å². The van der Waals surface area contributed by atoms with Gasteiger partial charge in [0.2, 0.25) is 23.6 Å². The number of nitrogens with zero attached hydrogens (tertiary/aromatic N) is 1. The minimum Gasteiger partial charge on any atom is -0.379 e. The predicted molar refractivity (Wildman–Crippen MR) is 166 cm³/mol. The number of carbonyl (C=O) groups excluding carboxylic acids is 4. The zero-order valence-corrected chi connectivity index (χ0v) is 25.7. The smallest absolute Gasteiger partial charge is 0.243 e. The fourth-order valence-corrected chi connectivity index (χ4v) is 5.57. The van der Waals surface area contributed by atoms with Crippen LogP contribution in [0.5, 0.6) is 0 Å². The highest BCUT2D eigenvalue weighted by Crippen LogP contribution is 2.38. The molecule has 244 valence electrons. The number of ether oxygens (including phenoxy) is 4. The summed E-state index contributed by atoms with van der Waals surface area (Å²) in [6, 6.07) is 13.0. The van der Waals surface area contributed by atoms with Crippen molar-refractivity contribution < 1.29 is 38.1 Å². The Bertz CT molecular complexity index is 1300. The van der Waals surface area contributed by atoms with Gasteiger partial charge >= 0.3 is 0 Å². The van der Waals surface area contributed by atoms with E-state index in [1.807, 2.05) is 42.5 Å². The molecule has 45 heavy (non-hydrogen) atoms.